The molecule has 0 spiro atoms. The number of anilines is 1. The number of non-ortho nitro benzene ring substituents is 1. The fourth-order valence-electron chi connectivity index (χ4n) is 2.48. The van der Waals surface area contributed by atoms with Crippen molar-refractivity contribution in [3.8, 4) is 0 Å². The molecule has 2 aromatic rings. The number of quaternary nitrogens is 1. The van der Waals surface area contributed by atoms with Crippen molar-refractivity contribution in [1.29, 1.82) is 0 Å². The molecule has 0 aliphatic rings. The number of ether oxygens (including phenoxy) is 1. The molecular weight excluding hydrogens is 412 g/mol. The molecule has 0 atom stereocenters. The van der Waals surface area contributed by atoms with Crippen LogP contribution < -0.4 is 23.0 Å². The van der Waals surface area contributed by atoms with E-state index in [1.807, 2.05) is 19.0 Å². The molecule has 0 aliphatic heterocycles. The summed E-state index contributed by atoms with van der Waals surface area (Å²) >= 11 is 0. The van der Waals surface area contributed by atoms with Crippen LogP contribution in [-0.4, -0.2) is 49.0 Å². The van der Waals surface area contributed by atoms with E-state index >= 15 is 0 Å². The number of primary amides is 1. The topological polar surface area (TPSA) is 118 Å². The molecular formula is C20H25ClN4O5. The van der Waals surface area contributed by atoms with E-state index in [1.54, 1.807) is 29.6 Å². The number of hydrogen-bond donors (Lipinski definition) is 2. The van der Waals surface area contributed by atoms with E-state index in [2.05, 4.69) is 5.32 Å². The maximum atomic E-state index is 11.9. The van der Waals surface area contributed by atoms with E-state index in [9.17, 15) is 19.7 Å². The summed E-state index contributed by atoms with van der Waals surface area (Å²) in [5.74, 6) is 0.0649. The van der Waals surface area contributed by atoms with Crippen molar-refractivity contribution in [2.24, 2.45) is 0 Å². The second kappa shape index (κ2) is 12.5. The minimum absolute atomic E-state index is 0. The molecule has 0 unspecified atom stereocenters. The molecule has 2 amide bonds. The number of benzene rings is 2. The van der Waals surface area contributed by atoms with Crippen LogP contribution in [0.1, 0.15) is 11.1 Å². The van der Waals surface area contributed by atoms with Crippen molar-refractivity contribution >= 4 is 23.4 Å². The third kappa shape index (κ3) is 8.99. The largest absolute Gasteiger partial charge is 1.00 e. The van der Waals surface area contributed by atoms with Gasteiger partial charge in [0.05, 0.1) is 17.9 Å². The highest BCUT2D eigenvalue weighted by Crippen LogP contribution is 2.14. The molecule has 0 heterocycles. The van der Waals surface area contributed by atoms with Crippen molar-refractivity contribution in [2.45, 2.75) is 13.0 Å². The fourth-order valence-corrected chi connectivity index (χ4v) is 2.48. The standard InChI is InChI=1S/C20H24N4O5.ClH/c1-23(2)12-11-21-19(25)13-15-3-7-17(8-4-15)22-20(26)29-14-16-5-9-18(10-6-16)24(27)28;/h3-10H,11-14H2,1-2H3,(H,21,25)(H,22,26);1H. The Morgan fingerprint density at radius 3 is 2.23 bits per heavy atom. The Kier molecular flexibility index (Phi) is 10.5. The zero-order chi connectivity index (χ0) is 21.2. The third-order valence-electron chi connectivity index (χ3n) is 4.04. The van der Waals surface area contributed by atoms with Gasteiger partial charge >= 0.3 is 12.0 Å². The Balaban J connectivity index is 0.00000450. The van der Waals surface area contributed by atoms with Gasteiger partial charge in [0.2, 0.25) is 0 Å². The van der Waals surface area contributed by atoms with Gasteiger partial charge < -0.3 is 22.0 Å². The van der Waals surface area contributed by atoms with Crippen molar-refractivity contribution in [3.05, 3.63) is 69.8 Å². The van der Waals surface area contributed by atoms with E-state index in [-0.39, 0.29) is 30.6 Å². The molecule has 0 radical (unpaired) electrons. The Labute approximate surface area is 181 Å². The van der Waals surface area contributed by atoms with Gasteiger partial charge in [0.15, 0.2) is 0 Å². The minimum atomic E-state index is -0.635. The Morgan fingerprint density at radius 1 is 1.07 bits per heavy atom. The highest BCUT2D eigenvalue weighted by atomic mass is 35.5. The summed E-state index contributed by atoms with van der Waals surface area (Å²) in [5.41, 5.74) is 2.03. The number of nitrogens with two attached hydrogens (primary N) is 1. The number of nitrogens with one attached hydrogen (secondary N) is 1. The SMILES string of the molecule is CN(C)CC[NH2+]C(=O)Cc1ccc(NC(=O)OCc2ccc([N+](=O)[O-])cc2)cc1.[Cl-]. The lowest BCUT2D eigenvalue weighted by molar-refractivity contribution is -0.568. The highest BCUT2D eigenvalue weighted by Gasteiger charge is 2.09. The second-order valence-electron chi connectivity index (χ2n) is 6.76. The van der Waals surface area contributed by atoms with Crippen molar-refractivity contribution in [2.75, 3.05) is 32.5 Å². The molecule has 9 nitrogen and oxygen atoms in total. The molecule has 0 fully saturated rings. The smallest absolute Gasteiger partial charge is 0.411 e. The van der Waals surface area contributed by atoms with Crippen LogP contribution in [0.2, 0.25) is 0 Å². The molecule has 2 aromatic carbocycles. The molecule has 162 valence electrons. The lowest BCUT2D eigenvalue weighted by Gasteiger charge is -2.08. The van der Waals surface area contributed by atoms with Crippen LogP contribution in [-0.2, 0) is 22.6 Å². The first-order valence-electron chi connectivity index (χ1n) is 9.10. The molecule has 10 heteroatoms. The van der Waals surface area contributed by atoms with Gasteiger partial charge in [0.25, 0.3) is 5.69 Å². The van der Waals surface area contributed by atoms with Gasteiger partial charge in [-0.1, -0.05) is 12.1 Å². The molecule has 3 N–H and O–H groups in total. The van der Waals surface area contributed by atoms with E-state index in [1.165, 1.54) is 24.3 Å². The van der Waals surface area contributed by atoms with E-state index < -0.39 is 11.0 Å². The van der Waals surface area contributed by atoms with E-state index in [0.717, 1.165) is 12.1 Å². The molecule has 2 rings (SSSR count). The third-order valence-corrected chi connectivity index (χ3v) is 4.04. The first-order valence-corrected chi connectivity index (χ1v) is 9.10. The second-order valence-corrected chi connectivity index (χ2v) is 6.76. The number of nitrogens with zero attached hydrogens (tertiary/aromatic N) is 2. The summed E-state index contributed by atoms with van der Waals surface area (Å²) in [6.07, 6.45) is -0.317. The molecule has 30 heavy (non-hydrogen) atoms. The first kappa shape index (κ1) is 25.0. The number of halogens is 1. The normalized spacial score (nSPS) is 10.2. The monoisotopic (exact) mass is 436 g/mol. The Hall–Kier alpha value is -3.01. The van der Waals surface area contributed by atoms with Crippen LogP contribution in [0, 0.1) is 10.1 Å². The average Bonchev–Trinajstić information content (AvgIpc) is 2.68. The zero-order valence-electron chi connectivity index (χ0n) is 16.8. The van der Waals surface area contributed by atoms with Gasteiger partial charge in [-0.05, 0) is 49.5 Å². The van der Waals surface area contributed by atoms with Crippen LogP contribution in [0.4, 0.5) is 16.2 Å². The molecule has 0 saturated carbocycles. The van der Waals surface area contributed by atoms with Gasteiger partial charge in [0.1, 0.15) is 6.61 Å². The lowest BCUT2D eigenvalue weighted by atomic mass is 10.1. The fraction of sp³-hybridized carbons (Fsp3) is 0.300. The molecule has 0 bridgehead atoms. The van der Waals surface area contributed by atoms with Crippen molar-refractivity contribution in [3.63, 3.8) is 0 Å². The van der Waals surface area contributed by atoms with E-state index in [4.69, 9.17) is 4.74 Å². The van der Waals surface area contributed by atoms with Crippen LogP contribution >= 0.6 is 0 Å². The summed E-state index contributed by atoms with van der Waals surface area (Å²) in [4.78, 5) is 36.0. The number of hydrogen-bond acceptors (Lipinski definition) is 6. The predicted molar refractivity (Wildman–Crippen MR) is 107 cm³/mol. The van der Waals surface area contributed by atoms with Gasteiger partial charge in [-0.3, -0.25) is 20.7 Å². The predicted octanol–water partition coefficient (Wildman–Crippen LogP) is -1.46. The summed E-state index contributed by atoms with van der Waals surface area (Å²) in [6, 6.07) is 12.8. The summed E-state index contributed by atoms with van der Waals surface area (Å²) < 4.78 is 5.11. The van der Waals surface area contributed by atoms with Crippen LogP contribution in [0.5, 0.6) is 0 Å². The number of nitro benzene ring substituents is 1. The summed E-state index contributed by atoms with van der Waals surface area (Å²) in [6.45, 7) is 1.54. The maximum absolute atomic E-state index is 11.9. The average molecular weight is 437 g/mol. The van der Waals surface area contributed by atoms with Crippen LogP contribution in [0.25, 0.3) is 0 Å². The van der Waals surface area contributed by atoms with Crippen molar-refractivity contribution in [1.82, 2.24) is 4.90 Å². The molecule has 0 aromatic heterocycles. The Morgan fingerprint density at radius 2 is 1.67 bits per heavy atom. The van der Waals surface area contributed by atoms with Gasteiger partial charge in [0, 0.05) is 24.4 Å². The highest BCUT2D eigenvalue weighted by molar-refractivity contribution is 5.84. The van der Waals surface area contributed by atoms with Gasteiger partial charge in [-0.2, -0.15) is 0 Å². The quantitative estimate of drug-likeness (QED) is 0.366. The number of carbonyl (C=O) groups excluding carboxylic acids is 2. The maximum Gasteiger partial charge on any atom is 0.411 e. The van der Waals surface area contributed by atoms with Crippen molar-refractivity contribution < 1.29 is 37.0 Å². The van der Waals surface area contributed by atoms with E-state index in [0.29, 0.717) is 24.2 Å². The minimum Gasteiger partial charge on any atom is -1.00 e. The molecule has 0 aliphatic carbocycles. The number of carbonyl (C=O) groups is 2. The summed E-state index contributed by atoms with van der Waals surface area (Å²) in [7, 11) is 3.92. The lowest BCUT2D eigenvalue weighted by Crippen LogP contribution is -3.00. The summed E-state index contributed by atoms with van der Waals surface area (Å²) in [5, 5.41) is 14.9. The number of nitro groups is 1. The number of rotatable bonds is 9. The number of amides is 2. The number of likely N-dealkylation sites (N-methyl/N-ethyl adjacent to an activating group) is 1. The Bertz CT molecular complexity index is 841. The van der Waals surface area contributed by atoms with Crippen LogP contribution in [0.15, 0.2) is 48.5 Å². The zero-order valence-corrected chi connectivity index (χ0v) is 17.6. The van der Waals surface area contributed by atoms with Gasteiger partial charge in [-0.25, -0.2) is 9.59 Å². The first-order chi connectivity index (χ1) is 13.8. The van der Waals surface area contributed by atoms with Crippen LogP contribution in [0.3, 0.4) is 0 Å². The molecule has 0 saturated heterocycles. The van der Waals surface area contributed by atoms with Gasteiger partial charge in [-0.15, -0.1) is 0 Å².